The molecule has 1 unspecified atom stereocenters. The lowest BCUT2D eigenvalue weighted by molar-refractivity contribution is -0.384. The summed E-state index contributed by atoms with van der Waals surface area (Å²) in [5, 5.41) is 13.1. The number of aromatic amines is 1. The highest BCUT2D eigenvalue weighted by Gasteiger charge is 2.18. The number of rotatable bonds is 7. The molecule has 0 saturated carbocycles. The zero-order valence-electron chi connectivity index (χ0n) is 11.7. The Morgan fingerprint density at radius 2 is 2.20 bits per heavy atom. The second kappa shape index (κ2) is 6.80. The van der Waals surface area contributed by atoms with Gasteiger partial charge in [0.15, 0.2) is 5.78 Å². The lowest BCUT2D eigenvalue weighted by atomic mass is 10.1. The van der Waals surface area contributed by atoms with Crippen molar-refractivity contribution in [3.63, 3.8) is 0 Å². The highest BCUT2D eigenvalue weighted by Crippen LogP contribution is 2.13. The van der Waals surface area contributed by atoms with Crippen molar-refractivity contribution >= 4 is 17.4 Å². The molecule has 1 amide bonds. The molecule has 110 valence electrons. The molecule has 8 nitrogen and oxygen atoms in total. The van der Waals surface area contributed by atoms with Crippen LogP contribution >= 0.6 is 0 Å². The number of nitrogens with zero attached hydrogens (tertiary/aromatic N) is 2. The maximum Gasteiger partial charge on any atom is 0.287 e. The predicted octanol–water partition coefficient (Wildman–Crippen LogP) is 0.420. The van der Waals surface area contributed by atoms with Crippen LogP contribution in [0.25, 0.3) is 0 Å². The van der Waals surface area contributed by atoms with Gasteiger partial charge in [-0.2, -0.15) is 0 Å². The van der Waals surface area contributed by atoms with Crippen molar-refractivity contribution < 1.29 is 14.5 Å². The minimum atomic E-state index is -0.565. The van der Waals surface area contributed by atoms with Crippen LogP contribution < -0.4 is 5.32 Å². The van der Waals surface area contributed by atoms with Crippen LogP contribution in [0.5, 0.6) is 0 Å². The van der Waals surface area contributed by atoms with E-state index in [0.717, 1.165) is 0 Å². The molecule has 0 aliphatic carbocycles. The molecule has 0 aromatic carbocycles. The van der Waals surface area contributed by atoms with Crippen molar-refractivity contribution in [1.82, 2.24) is 15.2 Å². The predicted molar refractivity (Wildman–Crippen MR) is 72.5 cm³/mol. The topological polar surface area (TPSA) is 108 Å². The molecule has 0 aliphatic heterocycles. The molecule has 0 saturated heterocycles. The van der Waals surface area contributed by atoms with Crippen LogP contribution in [0.1, 0.15) is 17.4 Å². The molecular formula is C12H18N4O4. The number of nitrogens with one attached hydrogen (secondary N) is 2. The number of hydrogen-bond acceptors (Lipinski definition) is 5. The molecule has 0 radical (unpaired) electrons. The van der Waals surface area contributed by atoms with Crippen LogP contribution in [0.3, 0.4) is 0 Å². The fraction of sp³-hybridized carbons (Fsp3) is 0.500. The van der Waals surface area contributed by atoms with Gasteiger partial charge in [0, 0.05) is 25.6 Å². The summed E-state index contributed by atoms with van der Waals surface area (Å²) in [6.45, 7) is 2.27. The number of H-pyrrole nitrogens is 1. The number of hydrogen-bond donors (Lipinski definition) is 2. The quantitative estimate of drug-likeness (QED) is 0.428. The van der Waals surface area contributed by atoms with Crippen molar-refractivity contribution in [2.75, 3.05) is 27.2 Å². The number of carbonyl (C=O) groups excluding carboxylic acids is 2. The third-order valence-electron chi connectivity index (χ3n) is 2.87. The second-order valence-corrected chi connectivity index (χ2v) is 4.66. The van der Waals surface area contributed by atoms with E-state index in [1.807, 2.05) is 0 Å². The zero-order chi connectivity index (χ0) is 15.3. The van der Waals surface area contributed by atoms with Crippen LogP contribution in [-0.4, -0.2) is 53.7 Å². The first-order valence-electron chi connectivity index (χ1n) is 6.11. The summed E-state index contributed by atoms with van der Waals surface area (Å²) in [5.74, 6) is -0.597. The highest BCUT2D eigenvalue weighted by molar-refractivity contribution is 5.96. The van der Waals surface area contributed by atoms with Crippen LogP contribution in [0, 0.1) is 16.0 Å². The number of likely N-dealkylation sites (N-methyl/N-ethyl adjacent to an activating group) is 1. The summed E-state index contributed by atoms with van der Waals surface area (Å²) in [6, 6.07) is 1.21. The molecule has 0 spiro atoms. The van der Waals surface area contributed by atoms with E-state index in [1.165, 1.54) is 12.3 Å². The van der Waals surface area contributed by atoms with E-state index in [0.29, 0.717) is 6.54 Å². The molecule has 8 heteroatoms. The van der Waals surface area contributed by atoms with Gasteiger partial charge in [0.2, 0.25) is 5.91 Å². The van der Waals surface area contributed by atoms with Gasteiger partial charge in [0.25, 0.3) is 5.69 Å². The smallest absolute Gasteiger partial charge is 0.287 e. The monoisotopic (exact) mass is 282 g/mol. The molecule has 0 bridgehead atoms. The van der Waals surface area contributed by atoms with Crippen molar-refractivity contribution in [2.45, 2.75) is 6.92 Å². The molecule has 1 aromatic heterocycles. The third-order valence-corrected chi connectivity index (χ3v) is 2.87. The van der Waals surface area contributed by atoms with E-state index >= 15 is 0 Å². The number of Topliss-reactive ketones (excluding diaryl/α,β-unsaturated/α-hetero) is 1. The molecule has 1 aromatic rings. The lowest BCUT2D eigenvalue weighted by Gasteiger charge is -2.19. The van der Waals surface area contributed by atoms with Crippen molar-refractivity contribution in [1.29, 1.82) is 0 Å². The molecule has 1 heterocycles. The van der Waals surface area contributed by atoms with E-state index < -0.39 is 4.92 Å². The van der Waals surface area contributed by atoms with Gasteiger partial charge in [-0.05, 0) is 7.05 Å². The van der Waals surface area contributed by atoms with E-state index in [-0.39, 0.29) is 35.5 Å². The molecule has 1 rings (SSSR count). The van der Waals surface area contributed by atoms with Crippen molar-refractivity contribution in [2.24, 2.45) is 5.92 Å². The second-order valence-electron chi connectivity index (χ2n) is 4.66. The SMILES string of the molecule is CNC(=O)C(C)CN(C)CC(=O)c1cc([N+](=O)[O-])c[nH]1. The fourth-order valence-electron chi connectivity index (χ4n) is 1.84. The van der Waals surface area contributed by atoms with Gasteiger partial charge < -0.3 is 10.3 Å². The normalized spacial score (nSPS) is 12.2. The van der Waals surface area contributed by atoms with Crippen LogP contribution in [0.15, 0.2) is 12.3 Å². The Bertz CT molecular complexity index is 511. The Hall–Kier alpha value is -2.22. The van der Waals surface area contributed by atoms with Crippen LogP contribution in [0.2, 0.25) is 0 Å². The summed E-state index contributed by atoms with van der Waals surface area (Å²) in [7, 11) is 3.27. The van der Waals surface area contributed by atoms with Gasteiger partial charge in [-0.1, -0.05) is 6.92 Å². The van der Waals surface area contributed by atoms with E-state index in [2.05, 4.69) is 10.3 Å². The largest absolute Gasteiger partial charge is 0.359 e. The average Bonchev–Trinajstić information content (AvgIpc) is 2.87. The Balaban J connectivity index is 2.56. The molecule has 0 fully saturated rings. The number of aromatic nitrogens is 1. The van der Waals surface area contributed by atoms with Gasteiger partial charge in [0.1, 0.15) is 0 Å². The Morgan fingerprint density at radius 3 is 2.70 bits per heavy atom. The van der Waals surface area contributed by atoms with Crippen LogP contribution in [-0.2, 0) is 4.79 Å². The van der Waals surface area contributed by atoms with Gasteiger partial charge in [0.05, 0.1) is 23.4 Å². The van der Waals surface area contributed by atoms with Gasteiger partial charge >= 0.3 is 0 Å². The fourth-order valence-corrected chi connectivity index (χ4v) is 1.84. The van der Waals surface area contributed by atoms with Gasteiger partial charge in [-0.3, -0.25) is 24.6 Å². The van der Waals surface area contributed by atoms with Crippen molar-refractivity contribution in [3.05, 3.63) is 28.1 Å². The summed E-state index contributed by atoms with van der Waals surface area (Å²) in [6.07, 6.45) is 1.18. The van der Waals surface area contributed by atoms with Crippen LogP contribution in [0.4, 0.5) is 5.69 Å². The number of amides is 1. The maximum absolute atomic E-state index is 11.9. The molecular weight excluding hydrogens is 264 g/mol. The van der Waals surface area contributed by atoms with E-state index in [9.17, 15) is 19.7 Å². The Labute approximate surface area is 116 Å². The molecule has 2 N–H and O–H groups in total. The summed E-state index contributed by atoms with van der Waals surface area (Å²) >= 11 is 0. The highest BCUT2D eigenvalue weighted by atomic mass is 16.6. The molecule has 1 atom stereocenters. The summed E-state index contributed by atoms with van der Waals surface area (Å²) in [5.41, 5.74) is 0.0471. The van der Waals surface area contributed by atoms with E-state index in [1.54, 1.807) is 25.9 Å². The average molecular weight is 282 g/mol. The van der Waals surface area contributed by atoms with Gasteiger partial charge in [-0.15, -0.1) is 0 Å². The summed E-state index contributed by atoms with van der Waals surface area (Å²) < 4.78 is 0. The maximum atomic E-state index is 11.9. The minimum Gasteiger partial charge on any atom is -0.359 e. The number of nitro groups is 1. The molecule has 0 aliphatic rings. The Kier molecular flexibility index (Phi) is 5.39. The third kappa shape index (κ3) is 4.16. The standard InChI is InChI=1S/C12H18N4O4/c1-8(12(18)13-2)6-15(3)7-11(17)10-4-9(5-14-10)16(19)20/h4-5,8,14H,6-7H2,1-3H3,(H,13,18). The van der Waals surface area contributed by atoms with Crippen molar-refractivity contribution in [3.8, 4) is 0 Å². The lowest BCUT2D eigenvalue weighted by Crippen LogP contribution is -2.36. The number of carbonyl (C=O) groups is 2. The Morgan fingerprint density at radius 1 is 1.55 bits per heavy atom. The summed E-state index contributed by atoms with van der Waals surface area (Å²) in [4.78, 5) is 37.5. The first-order chi connectivity index (χ1) is 9.35. The van der Waals surface area contributed by atoms with Gasteiger partial charge in [-0.25, -0.2) is 0 Å². The molecule has 20 heavy (non-hydrogen) atoms. The first kappa shape index (κ1) is 15.8. The minimum absolute atomic E-state index is 0.0823. The number of ketones is 1. The zero-order valence-corrected chi connectivity index (χ0v) is 11.7. The van der Waals surface area contributed by atoms with E-state index in [4.69, 9.17) is 0 Å². The first-order valence-corrected chi connectivity index (χ1v) is 6.11.